The Labute approximate surface area is 189 Å². The number of aldehydes is 1. The number of rotatable bonds is 7. The zero-order valence-electron chi connectivity index (χ0n) is 18.4. The maximum atomic E-state index is 9.97. The monoisotopic (exact) mass is 425 g/mol. The summed E-state index contributed by atoms with van der Waals surface area (Å²) >= 11 is 0. The van der Waals surface area contributed by atoms with E-state index in [9.17, 15) is 4.79 Å². The minimum atomic E-state index is 0.529. The van der Waals surface area contributed by atoms with Crippen LogP contribution >= 0.6 is 0 Å². The molecule has 0 aliphatic heterocycles. The molecule has 0 saturated carbocycles. The Hall–Kier alpha value is -3.99. The van der Waals surface area contributed by atoms with E-state index in [0.717, 1.165) is 46.8 Å². The van der Waals surface area contributed by atoms with Crippen molar-refractivity contribution in [1.82, 2.24) is 9.97 Å². The lowest BCUT2D eigenvalue weighted by Crippen LogP contribution is -2.03. The van der Waals surface area contributed by atoms with Gasteiger partial charge in [-0.05, 0) is 35.4 Å². The van der Waals surface area contributed by atoms with Crippen LogP contribution in [-0.2, 0) is 17.6 Å². The Morgan fingerprint density at radius 1 is 0.875 bits per heavy atom. The molecule has 0 aliphatic rings. The fraction of sp³-hybridized carbons (Fsp3) is 0.148. The van der Waals surface area contributed by atoms with Crippen molar-refractivity contribution < 1.29 is 9.53 Å². The third kappa shape index (κ3) is 6.51. The molecule has 162 valence electrons. The highest BCUT2D eigenvalue weighted by molar-refractivity contribution is 5.61. The Morgan fingerprint density at radius 3 is 2.06 bits per heavy atom. The summed E-state index contributed by atoms with van der Waals surface area (Å²) in [5.41, 5.74) is 5.11. The Balaban J connectivity index is 0.000000269. The lowest BCUT2D eigenvalue weighted by atomic mass is 10.1. The molecule has 4 aromatic rings. The van der Waals surface area contributed by atoms with Crippen molar-refractivity contribution in [2.24, 2.45) is 0 Å². The van der Waals surface area contributed by atoms with E-state index in [1.807, 2.05) is 79.8 Å². The molecule has 0 unspecified atom stereocenters. The highest BCUT2D eigenvalue weighted by Crippen LogP contribution is 2.23. The van der Waals surface area contributed by atoms with Crippen molar-refractivity contribution >= 4 is 12.1 Å². The maximum Gasteiger partial charge on any atom is 0.147 e. The number of anilines is 1. The van der Waals surface area contributed by atoms with Crippen LogP contribution in [0.5, 0.6) is 5.75 Å². The SMILES string of the molecule is CNc1ncc(-c2ccc(OC)cc2)nc1Cc1ccccc1.O=CCc1ccccc1. The van der Waals surface area contributed by atoms with Crippen LogP contribution in [0.1, 0.15) is 16.8 Å². The molecular weight excluding hydrogens is 398 g/mol. The molecule has 4 rings (SSSR count). The van der Waals surface area contributed by atoms with Gasteiger partial charge in [0.2, 0.25) is 0 Å². The van der Waals surface area contributed by atoms with Crippen LogP contribution in [0.3, 0.4) is 0 Å². The predicted octanol–water partition coefficient (Wildman–Crippen LogP) is 5.21. The van der Waals surface area contributed by atoms with Gasteiger partial charge in [0, 0.05) is 25.5 Å². The Kier molecular flexibility index (Phi) is 8.51. The number of nitrogens with one attached hydrogen (secondary N) is 1. The first-order chi connectivity index (χ1) is 15.7. The molecule has 1 heterocycles. The molecule has 5 heteroatoms. The largest absolute Gasteiger partial charge is 0.497 e. The molecule has 0 fully saturated rings. The fourth-order valence-electron chi connectivity index (χ4n) is 3.16. The summed E-state index contributed by atoms with van der Waals surface area (Å²) in [5.74, 6) is 1.64. The van der Waals surface area contributed by atoms with Gasteiger partial charge in [0.05, 0.1) is 24.7 Å². The third-order valence-electron chi connectivity index (χ3n) is 4.84. The number of ether oxygens (including phenoxy) is 1. The Morgan fingerprint density at radius 2 is 1.50 bits per heavy atom. The number of aromatic nitrogens is 2. The van der Waals surface area contributed by atoms with Gasteiger partial charge in [-0.15, -0.1) is 0 Å². The van der Waals surface area contributed by atoms with Crippen LogP contribution in [0.15, 0.2) is 91.1 Å². The molecule has 1 aromatic heterocycles. The van der Waals surface area contributed by atoms with E-state index in [2.05, 4.69) is 22.4 Å². The summed E-state index contributed by atoms with van der Waals surface area (Å²) < 4.78 is 5.20. The van der Waals surface area contributed by atoms with Crippen molar-refractivity contribution in [3.63, 3.8) is 0 Å². The predicted molar refractivity (Wildman–Crippen MR) is 129 cm³/mol. The molecule has 32 heavy (non-hydrogen) atoms. The van der Waals surface area contributed by atoms with Crippen LogP contribution in [0, 0.1) is 0 Å². The molecule has 0 spiro atoms. The first-order valence-electron chi connectivity index (χ1n) is 10.4. The average molecular weight is 426 g/mol. The smallest absolute Gasteiger partial charge is 0.147 e. The van der Waals surface area contributed by atoms with Gasteiger partial charge in [0.1, 0.15) is 17.9 Å². The summed E-state index contributed by atoms with van der Waals surface area (Å²) in [6.07, 6.45) is 3.98. The lowest BCUT2D eigenvalue weighted by Gasteiger charge is -2.10. The first kappa shape index (κ1) is 22.7. The van der Waals surface area contributed by atoms with Crippen LogP contribution in [0.2, 0.25) is 0 Å². The van der Waals surface area contributed by atoms with Crippen molar-refractivity contribution in [3.8, 4) is 17.0 Å². The molecule has 0 atom stereocenters. The topological polar surface area (TPSA) is 64.1 Å². The minimum absolute atomic E-state index is 0.529. The number of nitrogens with zero attached hydrogens (tertiary/aromatic N) is 2. The highest BCUT2D eigenvalue weighted by atomic mass is 16.5. The lowest BCUT2D eigenvalue weighted by molar-refractivity contribution is -0.107. The summed E-state index contributed by atoms with van der Waals surface area (Å²) in [4.78, 5) is 19.3. The van der Waals surface area contributed by atoms with Gasteiger partial charge in [0.25, 0.3) is 0 Å². The highest BCUT2D eigenvalue weighted by Gasteiger charge is 2.09. The zero-order valence-corrected chi connectivity index (χ0v) is 18.4. The molecule has 0 saturated heterocycles. The van der Waals surface area contributed by atoms with E-state index in [4.69, 9.17) is 9.72 Å². The number of methoxy groups -OCH3 is 1. The van der Waals surface area contributed by atoms with E-state index in [-0.39, 0.29) is 0 Å². The maximum absolute atomic E-state index is 9.97. The number of carbonyl (C=O) groups is 1. The number of hydrogen-bond acceptors (Lipinski definition) is 5. The normalized spacial score (nSPS) is 9.94. The summed E-state index contributed by atoms with van der Waals surface area (Å²) in [7, 11) is 3.53. The van der Waals surface area contributed by atoms with Gasteiger partial charge >= 0.3 is 0 Å². The second-order valence-electron chi connectivity index (χ2n) is 7.05. The van der Waals surface area contributed by atoms with Gasteiger partial charge < -0.3 is 14.8 Å². The van der Waals surface area contributed by atoms with Gasteiger partial charge in [-0.2, -0.15) is 0 Å². The van der Waals surface area contributed by atoms with Gasteiger partial charge in [-0.3, -0.25) is 0 Å². The van der Waals surface area contributed by atoms with E-state index in [1.54, 1.807) is 13.3 Å². The zero-order chi connectivity index (χ0) is 22.6. The van der Waals surface area contributed by atoms with Gasteiger partial charge in [0.15, 0.2) is 0 Å². The average Bonchev–Trinajstić information content (AvgIpc) is 2.86. The molecule has 0 bridgehead atoms. The molecule has 0 radical (unpaired) electrons. The number of benzene rings is 3. The number of carbonyl (C=O) groups excluding carboxylic acids is 1. The van der Waals surface area contributed by atoms with Crippen molar-refractivity contribution in [1.29, 1.82) is 0 Å². The quantitative estimate of drug-likeness (QED) is 0.412. The molecular formula is C27H27N3O2. The van der Waals surface area contributed by atoms with Crippen molar-refractivity contribution in [2.75, 3.05) is 19.5 Å². The molecule has 3 aromatic carbocycles. The Bertz CT molecular complexity index is 1100. The van der Waals surface area contributed by atoms with E-state index in [0.29, 0.717) is 6.42 Å². The molecule has 1 N–H and O–H groups in total. The van der Waals surface area contributed by atoms with Gasteiger partial charge in [-0.1, -0.05) is 60.7 Å². The summed E-state index contributed by atoms with van der Waals surface area (Å²) in [6, 6.07) is 27.8. The van der Waals surface area contributed by atoms with Crippen molar-refractivity contribution in [2.45, 2.75) is 12.8 Å². The van der Waals surface area contributed by atoms with Crippen LogP contribution in [0.4, 0.5) is 5.82 Å². The second kappa shape index (κ2) is 12.0. The van der Waals surface area contributed by atoms with Crippen LogP contribution < -0.4 is 10.1 Å². The van der Waals surface area contributed by atoms with E-state index < -0.39 is 0 Å². The van der Waals surface area contributed by atoms with Crippen LogP contribution in [-0.4, -0.2) is 30.4 Å². The minimum Gasteiger partial charge on any atom is -0.497 e. The van der Waals surface area contributed by atoms with Crippen molar-refractivity contribution in [3.05, 3.63) is 108 Å². The van der Waals surface area contributed by atoms with Gasteiger partial charge in [-0.25, -0.2) is 9.97 Å². The number of hydrogen-bond donors (Lipinski definition) is 1. The standard InChI is InChI=1S/C19H19N3O.C8H8O/c1-20-19-17(12-14-6-4-3-5-7-14)22-18(13-21-19)15-8-10-16(23-2)11-9-15;9-7-6-8-4-2-1-3-5-8/h3-11,13H,12H2,1-2H3,(H,20,21);1-5,7H,6H2. The van der Waals surface area contributed by atoms with E-state index >= 15 is 0 Å². The fourth-order valence-corrected chi connectivity index (χ4v) is 3.16. The molecule has 0 aliphatic carbocycles. The molecule has 0 amide bonds. The second-order valence-corrected chi connectivity index (χ2v) is 7.05. The molecule has 5 nitrogen and oxygen atoms in total. The van der Waals surface area contributed by atoms with Crippen LogP contribution in [0.25, 0.3) is 11.3 Å². The summed E-state index contributed by atoms with van der Waals surface area (Å²) in [5, 5.41) is 3.12. The summed E-state index contributed by atoms with van der Waals surface area (Å²) in [6.45, 7) is 0. The third-order valence-corrected chi connectivity index (χ3v) is 4.84. The first-order valence-corrected chi connectivity index (χ1v) is 10.4. The van der Waals surface area contributed by atoms with E-state index in [1.165, 1.54) is 5.56 Å².